The van der Waals surface area contributed by atoms with Gasteiger partial charge in [0.15, 0.2) is 6.61 Å². The van der Waals surface area contributed by atoms with Crippen LogP contribution in [0, 0.1) is 13.8 Å². The summed E-state index contributed by atoms with van der Waals surface area (Å²) in [7, 11) is 0. The summed E-state index contributed by atoms with van der Waals surface area (Å²) in [4.78, 5) is 23.3. The molecule has 0 aromatic heterocycles. The molecule has 2 rings (SSSR count). The largest absolute Gasteiger partial charge is 0.484 e. The second kappa shape index (κ2) is 8.57. The molecular formula is C18H21N3O3. The number of nitrogens with one attached hydrogen (secondary N) is 3. The number of hydrogen-bond acceptors (Lipinski definition) is 3. The number of hydrazine groups is 1. The maximum atomic E-state index is 11.7. The van der Waals surface area contributed by atoms with E-state index in [4.69, 9.17) is 4.74 Å². The molecule has 0 saturated carbocycles. The molecule has 0 aliphatic carbocycles. The maximum absolute atomic E-state index is 11.7. The highest BCUT2D eigenvalue weighted by Crippen LogP contribution is 2.16. The zero-order valence-corrected chi connectivity index (χ0v) is 13.8. The van der Waals surface area contributed by atoms with Crippen molar-refractivity contribution in [1.29, 1.82) is 0 Å². The summed E-state index contributed by atoms with van der Waals surface area (Å²) in [5.74, 6) is 0.171. The van der Waals surface area contributed by atoms with Crippen LogP contribution in [0.3, 0.4) is 0 Å². The van der Waals surface area contributed by atoms with Gasteiger partial charge in [0.05, 0.1) is 0 Å². The summed E-state index contributed by atoms with van der Waals surface area (Å²) in [5, 5.41) is 2.64. The standard InChI is InChI=1S/C18H21N3O3/c1-13-8-9-16(10-14(13)2)24-12-17(22)20-21-18(23)19-11-15-6-4-3-5-7-15/h3-10H,11-12H2,1-2H3,(H,20,22)(H2,19,21,23). The van der Waals surface area contributed by atoms with Crippen LogP contribution in [-0.2, 0) is 11.3 Å². The van der Waals surface area contributed by atoms with Gasteiger partial charge in [0, 0.05) is 6.54 Å². The van der Waals surface area contributed by atoms with Gasteiger partial charge >= 0.3 is 6.03 Å². The lowest BCUT2D eigenvalue weighted by molar-refractivity contribution is -0.123. The minimum Gasteiger partial charge on any atom is -0.484 e. The first-order valence-corrected chi connectivity index (χ1v) is 7.61. The van der Waals surface area contributed by atoms with E-state index in [1.54, 1.807) is 6.07 Å². The first kappa shape index (κ1) is 17.3. The lowest BCUT2D eigenvalue weighted by atomic mass is 10.1. The average Bonchev–Trinajstić information content (AvgIpc) is 2.60. The number of carbonyl (C=O) groups is 2. The molecule has 6 nitrogen and oxygen atoms in total. The number of carbonyl (C=O) groups excluding carboxylic acids is 2. The first-order chi connectivity index (χ1) is 11.5. The van der Waals surface area contributed by atoms with E-state index >= 15 is 0 Å². The molecule has 24 heavy (non-hydrogen) atoms. The first-order valence-electron chi connectivity index (χ1n) is 7.61. The van der Waals surface area contributed by atoms with Crippen LogP contribution in [0.25, 0.3) is 0 Å². The lowest BCUT2D eigenvalue weighted by Crippen LogP contribution is -2.48. The van der Waals surface area contributed by atoms with Gasteiger partial charge in [-0.2, -0.15) is 0 Å². The molecule has 3 N–H and O–H groups in total. The van der Waals surface area contributed by atoms with Crippen LogP contribution in [0.1, 0.15) is 16.7 Å². The predicted molar refractivity (Wildman–Crippen MR) is 91.4 cm³/mol. The molecule has 0 bridgehead atoms. The van der Waals surface area contributed by atoms with Gasteiger partial charge in [0.1, 0.15) is 5.75 Å². The third-order valence-electron chi connectivity index (χ3n) is 3.46. The predicted octanol–water partition coefficient (Wildman–Crippen LogP) is 2.21. The Morgan fingerprint density at radius 1 is 0.958 bits per heavy atom. The van der Waals surface area contributed by atoms with Crippen molar-refractivity contribution >= 4 is 11.9 Å². The number of rotatable bonds is 5. The van der Waals surface area contributed by atoms with Crippen LogP contribution in [0.5, 0.6) is 5.75 Å². The fourth-order valence-electron chi connectivity index (χ4n) is 1.94. The topological polar surface area (TPSA) is 79.5 Å². The maximum Gasteiger partial charge on any atom is 0.333 e. The molecule has 126 valence electrons. The average molecular weight is 327 g/mol. The fraction of sp³-hybridized carbons (Fsp3) is 0.222. The van der Waals surface area contributed by atoms with E-state index in [9.17, 15) is 9.59 Å². The summed E-state index contributed by atoms with van der Waals surface area (Å²) in [6, 6.07) is 14.6. The molecule has 0 aliphatic rings. The van der Waals surface area contributed by atoms with Crippen molar-refractivity contribution in [1.82, 2.24) is 16.2 Å². The zero-order chi connectivity index (χ0) is 17.4. The normalized spacial score (nSPS) is 9.92. The van der Waals surface area contributed by atoms with E-state index < -0.39 is 11.9 Å². The van der Waals surface area contributed by atoms with Crippen LogP contribution in [0.15, 0.2) is 48.5 Å². The Kier molecular flexibility index (Phi) is 6.19. The number of ether oxygens (including phenoxy) is 1. The molecule has 0 fully saturated rings. The van der Waals surface area contributed by atoms with E-state index in [1.807, 2.05) is 56.3 Å². The molecule has 2 aromatic rings. The SMILES string of the molecule is Cc1ccc(OCC(=O)NNC(=O)NCc2ccccc2)cc1C. The molecule has 2 aromatic carbocycles. The second-order valence-electron chi connectivity index (χ2n) is 5.38. The molecule has 0 radical (unpaired) electrons. The summed E-state index contributed by atoms with van der Waals surface area (Å²) < 4.78 is 5.38. The summed E-state index contributed by atoms with van der Waals surface area (Å²) in [6.07, 6.45) is 0. The van der Waals surface area contributed by atoms with Gasteiger partial charge in [-0.3, -0.25) is 10.2 Å². The van der Waals surface area contributed by atoms with E-state index in [0.717, 1.165) is 16.7 Å². The van der Waals surface area contributed by atoms with Crippen LogP contribution in [0.2, 0.25) is 0 Å². The lowest BCUT2D eigenvalue weighted by Gasteiger charge is -2.10. The minimum atomic E-state index is -0.488. The Morgan fingerprint density at radius 3 is 2.42 bits per heavy atom. The number of benzene rings is 2. The van der Waals surface area contributed by atoms with Crippen molar-refractivity contribution in [3.63, 3.8) is 0 Å². The molecule has 0 unspecified atom stereocenters. The van der Waals surface area contributed by atoms with Crippen molar-refractivity contribution in [3.05, 3.63) is 65.2 Å². The van der Waals surface area contributed by atoms with Gasteiger partial charge in [-0.05, 0) is 42.7 Å². The number of urea groups is 1. The smallest absolute Gasteiger partial charge is 0.333 e. The van der Waals surface area contributed by atoms with Crippen molar-refractivity contribution < 1.29 is 14.3 Å². The molecule has 0 atom stereocenters. The summed E-state index contributed by atoms with van der Waals surface area (Å²) in [6.45, 7) is 4.17. The van der Waals surface area contributed by atoms with Gasteiger partial charge in [0.2, 0.25) is 0 Å². The summed E-state index contributed by atoms with van der Waals surface area (Å²) in [5.41, 5.74) is 7.78. The van der Waals surface area contributed by atoms with Crippen LogP contribution < -0.4 is 20.9 Å². The summed E-state index contributed by atoms with van der Waals surface area (Å²) >= 11 is 0. The monoisotopic (exact) mass is 327 g/mol. The Labute approximate surface area is 141 Å². The highest BCUT2D eigenvalue weighted by molar-refractivity contribution is 5.81. The Bertz CT molecular complexity index is 702. The van der Waals surface area contributed by atoms with Gasteiger partial charge in [-0.15, -0.1) is 0 Å². The van der Waals surface area contributed by atoms with E-state index in [-0.39, 0.29) is 6.61 Å². The molecule has 6 heteroatoms. The van der Waals surface area contributed by atoms with Crippen molar-refractivity contribution in [2.45, 2.75) is 20.4 Å². The highest BCUT2D eigenvalue weighted by Gasteiger charge is 2.06. The van der Waals surface area contributed by atoms with Gasteiger partial charge in [0.25, 0.3) is 5.91 Å². The van der Waals surface area contributed by atoms with Gasteiger partial charge in [-0.1, -0.05) is 36.4 Å². The molecule has 0 spiro atoms. The Balaban J connectivity index is 1.67. The molecule has 0 aliphatic heterocycles. The second-order valence-corrected chi connectivity index (χ2v) is 5.38. The third kappa shape index (κ3) is 5.64. The Morgan fingerprint density at radius 2 is 1.71 bits per heavy atom. The third-order valence-corrected chi connectivity index (χ3v) is 3.46. The minimum absolute atomic E-state index is 0.179. The number of amides is 3. The van der Waals surface area contributed by atoms with Crippen molar-refractivity contribution in [2.24, 2.45) is 0 Å². The molecule has 3 amide bonds. The Hall–Kier alpha value is -3.02. The molecule has 0 heterocycles. The van der Waals surface area contributed by atoms with E-state index in [1.165, 1.54) is 0 Å². The van der Waals surface area contributed by atoms with E-state index in [2.05, 4.69) is 16.2 Å². The van der Waals surface area contributed by atoms with Crippen LogP contribution >= 0.6 is 0 Å². The number of hydrogen-bond donors (Lipinski definition) is 3. The molecular weight excluding hydrogens is 306 g/mol. The van der Waals surface area contributed by atoms with Crippen LogP contribution in [-0.4, -0.2) is 18.5 Å². The van der Waals surface area contributed by atoms with Crippen LogP contribution in [0.4, 0.5) is 4.79 Å². The quantitative estimate of drug-likeness (QED) is 0.737. The zero-order valence-electron chi connectivity index (χ0n) is 13.8. The van der Waals surface area contributed by atoms with E-state index in [0.29, 0.717) is 12.3 Å². The van der Waals surface area contributed by atoms with Crippen molar-refractivity contribution in [2.75, 3.05) is 6.61 Å². The van der Waals surface area contributed by atoms with Crippen molar-refractivity contribution in [3.8, 4) is 5.75 Å². The number of aryl methyl sites for hydroxylation is 2. The van der Waals surface area contributed by atoms with Gasteiger partial charge < -0.3 is 10.1 Å². The molecule has 0 saturated heterocycles. The van der Waals surface area contributed by atoms with Gasteiger partial charge in [-0.25, -0.2) is 10.2 Å². The highest BCUT2D eigenvalue weighted by atomic mass is 16.5. The fourth-order valence-corrected chi connectivity index (χ4v) is 1.94.